The maximum absolute atomic E-state index is 13.8. The van der Waals surface area contributed by atoms with Crippen molar-refractivity contribution in [2.45, 2.75) is 45.6 Å². The summed E-state index contributed by atoms with van der Waals surface area (Å²) in [6.45, 7) is 4.78. The van der Waals surface area contributed by atoms with Crippen molar-refractivity contribution in [3.05, 3.63) is 65.0 Å². The van der Waals surface area contributed by atoms with Gasteiger partial charge in [0.05, 0.1) is 12.4 Å². The highest BCUT2D eigenvalue weighted by molar-refractivity contribution is 6.31. The molecule has 2 atom stereocenters. The Morgan fingerprint density at radius 3 is 2.82 bits per heavy atom. The maximum Gasteiger partial charge on any atom is 0.275 e. The van der Waals surface area contributed by atoms with E-state index in [-0.39, 0.29) is 11.9 Å². The molecule has 3 aromatic heterocycles. The minimum Gasteiger partial charge on any atom is -0.441 e. The number of hydrogen-bond donors (Lipinski definition) is 0. The van der Waals surface area contributed by atoms with Gasteiger partial charge in [-0.25, -0.2) is 9.97 Å². The van der Waals surface area contributed by atoms with Crippen LogP contribution in [0.1, 0.15) is 48.3 Å². The second kappa shape index (κ2) is 8.94. The Morgan fingerprint density at radius 2 is 2.00 bits per heavy atom. The van der Waals surface area contributed by atoms with Crippen LogP contribution in [0.5, 0.6) is 0 Å². The van der Waals surface area contributed by atoms with Gasteiger partial charge >= 0.3 is 0 Å². The number of rotatable bonds is 5. The number of carbonyl (C=O) groups excluding carboxylic acids is 1. The summed E-state index contributed by atoms with van der Waals surface area (Å²) in [4.78, 5) is 26.3. The molecule has 1 aromatic carbocycles. The number of aryl methyl sites for hydroxylation is 2. The third kappa shape index (κ3) is 4.35. The molecule has 8 nitrogen and oxygen atoms in total. The standard InChI is InChI=1S/C24H25ClN6O2/c1-15-4-3-13-30(19(15)8-10-22-29-18-14-17(25)6-9-21(18)33-22)24(32)23-20(7-5-16(2)28-23)31-26-11-12-27-31/h5-7,9,11-12,14-15,19H,3-4,8,10,13H2,1-2H3/t15-,19-/m1/s1. The second-order valence-corrected chi connectivity index (χ2v) is 9.02. The minimum atomic E-state index is -0.0908. The average molecular weight is 465 g/mol. The molecule has 1 aliphatic heterocycles. The monoisotopic (exact) mass is 464 g/mol. The highest BCUT2D eigenvalue weighted by atomic mass is 35.5. The van der Waals surface area contributed by atoms with Crippen molar-refractivity contribution in [3.8, 4) is 5.69 Å². The number of aromatic nitrogens is 5. The Morgan fingerprint density at radius 1 is 1.18 bits per heavy atom. The van der Waals surface area contributed by atoms with Crippen molar-refractivity contribution in [2.75, 3.05) is 6.54 Å². The van der Waals surface area contributed by atoms with Crippen molar-refractivity contribution >= 4 is 28.6 Å². The zero-order valence-electron chi connectivity index (χ0n) is 18.6. The maximum atomic E-state index is 13.8. The Labute approximate surface area is 196 Å². The van der Waals surface area contributed by atoms with Crippen LogP contribution < -0.4 is 0 Å². The van der Waals surface area contributed by atoms with Crippen molar-refractivity contribution < 1.29 is 9.21 Å². The summed E-state index contributed by atoms with van der Waals surface area (Å²) in [5.41, 5.74) is 3.22. The van der Waals surface area contributed by atoms with E-state index in [1.807, 2.05) is 30.0 Å². The number of pyridine rings is 1. The van der Waals surface area contributed by atoms with E-state index in [4.69, 9.17) is 16.0 Å². The number of carbonyl (C=O) groups is 1. The van der Waals surface area contributed by atoms with E-state index in [0.29, 0.717) is 41.2 Å². The lowest BCUT2D eigenvalue weighted by molar-refractivity contribution is 0.0489. The van der Waals surface area contributed by atoms with Crippen molar-refractivity contribution in [3.63, 3.8) is 0 Å². The number of likely N-dealkylation sites (tertiary alicyclic amines) is 1. The van der Waals surface area contributed by atoms with Gasteiger partial charge in [-0.2, -0.15) is 10.2 Å². The van der Waals surface area contributed by atoms with Gasteiger partial charge in [0, 0.05) is 29.7 Å². The first kappa shape index (κ1) is 21.6. The molecule has 0 saturated carbocycles. The van der Waals surface area contributed by atoms with E-state index in [1.165, 1.54) is 4.80 Å². The Hall–Kier alpha value is -3.26. The third-order valence-corrected chi connectivity index (χ3v) is 6.51. The molecule has 170 valence electrons. The zero-order chi connectivity index (χ0) is 22.9. The van der Waals surface area contributed by atoms with E-state index >= 15 is 0 Å². The van der Waals surface area contributed by atoms with Crippen molar-refractivity contribution in [1.82, 2.24) is 29.9 Å². The first-order chi connectivity index (χ1) is 16.0. The van der Waals surface area contributed by atoms with Gasteiger partial charge in [-0.05, 0) is 62.4 Å². The minimum absolute atomic E-state index is 0.0607. The topological polar surface area (TPSA) is 89.9 Å². The molecule has 0 bridgehead atoms. The molecule has 1 saturated heterocycles. The number of nitrogens with zero attached hydrogens (tertiary/aromatic N) is 6. The van der Waals surface area contributed by atoms with Gasteiger partial charge in [-0.15, -0.1) is 4.80 Å². The van der Waals surface area contributed by atoms with Gasteiger partial charge in [0.25, 0.3) is 5.91 Å². The summed E-state index contributed by atoms with van der Waals surface area (Å²) < 4.78 is 5.91. The quantitative estimate of drug-likeness (QED) is 0.427. The molecule has 9 heteroatoms. The number of oxazole rings is 1. The van der Waals surface area contributed by atoms with Gasteiger partial charge in [-0.3, -0.25) is 4.79 Å². The van der Waals surface area contributed by atoms with E-state index in [2.05, 4.69) is 27.1 Å². The summed E-state index contributed by atoms with van der Waals surface area (Å²) >= 11 is 6.08. The lowest BCUT2D eigenvalue weighted by Crippen LogP contribution is -2.48. The van der Waals surface area contributed by atoms with E-state index in [9.17, 15) is 4.79 Å². The molecular formula is C24H25ClN6O2. The van der Waals surface area contributed by atoms with E-state index < -0.39 is 0 Å². The average Bonchev–Trinajstić information content (AvgIpc) is 3.47. The fraction of sp³-hybridized carbons (Fsp3) is 0.375. The number of halogens is 1. The summed E-state index contributed by atoms with van der Waals surface area (Å²) in [5, 5.41) is 9.04. The first-order valence-electron chi connectivity index (χ1n) is 11.2. The smallest absolute Gasteiger partial charge is 0.275 e. The third-order valence-electron chi connectivity index (χ3n) is 6.27. The lowest BCUT2D eigenvalue weighted by atomic mass is 9.87. The molecule has 33 heavy (non-hydrogen) atoms. The fourth-order valence-electron chi connectivity index (χ4n) is 4.61. The molecule has 1 fully saturated rings. The normalized spacial score (nSPS) is 18.7. The molecule has 4 heterocycles. The number of benzene rings is 1. The Balaban J connectivity index is 1.40. The molecule has 0 unspecified atom stereocenters. The van der Waals surface area contributed by atoms with Gasteiger partial charge in [0.1, 0.15) is 11.2 Å². The van der Waals surface area contributed by atoms with Crippen LogP contribution in [-0.4, -0.2) is 48.4 Å². The van der Waals surface area contributed by atoms with Gasteiger partial charge in [-0.1, -0.05) is 18.5 Å². The summed E-state index contributed by atoms with van der Waals surface area (Å²) in [6, 6.07) is 9.21. The SMILES string of the molecule is Cc1ccc(-n2nccn2)c(C(=O)N2CCC[C@@H](C)[C@H]2CCc2nc3cc(Cl)ccc3o2)n1. The summed E-state index contributed by atoms with van der Waals surface area (Å²) in [6.07, 6.45) is 6.62. The number of hydrogen-bond acceptors (Lipinski definition) is 6. The van der Waals surface area contributed by atoms with Crippen LogP contribution in [0.2, 0.25) is 5.02 Å². The van der Waals surface area contributed by atoms with Crippen molar-refractivity contribution in [2.24, 2.45) is 5.92 Å². The molecule has 4 aromatic rings. The predicted octanol–water partition coefficient (Wildman–Crippen LogP) is 4.64. The highest BCUT2D eigenvalue weighted by Gasteiger charge is 2.34. The number of piperidine rings is 1. The Bertz CT molecular complexity index is 1290. The summed E-state index contributed by atoms with van der Waals surface area (Å²) in [7, 11) is 0. The molecule has 0 aliphatic carbocycles. The van der Waals surface area contributed by atoms with Crippen LogP contribution in [0.3, 0.4) is 0 Å². The van der Waals surface area contributed by atoms with Gasteiger partial charge < -0.3 is 9.32 Å². The van der Waals surface area contributed by atoms with Gasteiger partial charge in [0.2, 0.25) is 0 Å². The van der Waals surface area contributed by atoms with Crippen LogP contribution >= 0.6 is 11.6 Å². The van der Waals surface area contributed by atoms with E-state index in [0.717, 1.165) is 36.1 Å². The largest absolute Gasteiger partial charge is 0.441 e. The lowest BCUT2D eigenvalue weighted by Gasteiger charge is -2.40. The van der Waals surface area contributed by atoms with Crippen LogP contribution in [0.25, 0.3) is 16.8 Å². The number of amides is 1. The molecule has 1 aliphatic rings. The molecule has 0 N–H and O–H groups in total. The second-order valence-electron chi connectivity index (χ2n) is 8.58. The molecule has 0 radical (unpaired) electrons. The summed E-state index contributed by atoms with van der Waals surface area (Å²) in [5.74, 6) is 0.928. The van der Waals surface area contributed by atoms with Crippen molar-refractivity contribution in [1.29, 1.82) is 0 Å². The zero-order valence-corrected chi connectivity index (χ0v) is 19.4. The van der Waals surface area contributed by atoms with Gasteiger partial charge in [0.15, 0.2) is 17.2 Å². The van der Waals surface area contributed by atoms with Crippen LogP contribution in [0.15, 0.2) is 47.1 Å². The molecule has 5 rings (SSSR count). The molecule has 0 spiro atoms. The fourth-order valence-corrected chi connectivity index (χ4v) is 4.78. The predicted molar refractivity (Wildman–Crippen MR) is 124 cm³/mol. The Kier molecular flexibility index (Phi) is 5.85. The molecule has 1 amide bonds. The highest BCUT2D eigenvalue weighted by Crippen LogP contribution is 2.30. The van der Waals surface area contributed by atoms with E-state index in [1.54, 1.807) is 24.5 Å². The van der Waals surface area contributed by atoms with Crippen LogP contribution in [-0.2, 0) is 6.42 Å². The van der Waals surface area contributed by atoms with Crippen LogP contribution in [0, 0.1) is 12.8 Å². The van der Waals surface area contributed by atoms with Crippen LogP contribution in [0.4, 0.5) is 0 Å². The first-order valence-corrected chi connectivity index (χ1v) is 11.6. The number of fused-ring (bicyclic) bond motifs is 1. The molecular weight excluding hydrogens is 440 g/mol.